The quantitative estimate of drug-likeness (QED) is 0.717. The number of fused-ring (bicyclic) bond motifs is 1. The first-order valence-corrected chi connectivity index (χ1v) is 8.87. The Morgan fingerprint density at radius 3 is 2.60 bits per heavy atom. The van der Waals surface area contributed by atoms with Gasteiger partial charge in [-0.2, -0.15) is 0 Å². The molecule has 0 unspecified atom stereocenters. The van der Waals surface area contributed by atoms with E-state index in [1.165, 1.54) is 5.56 Å². The summed E-state index contributed by atoms with van der Waals surface area (Å²) in [5, 5.41) is 0.575. The summed E-state index contributed by atoms with van der Waals surface area (Å²) in [5.41, 5.74) is 3.83. The maximum Gasteiger partial charge on any atom is 0.162 e. The van der Waals surface area contributed by atoms with Crippen LogP contribution in [0.3, 0.4) is 0 Å². The number of anilines is 1. The Morgan fingerprint density at radius 1 is 1.12 bits per heavy atom. The second-order valence-electron chi connectivity index (χ2n) is 6.04. The summed E-state index contributed by atoms with van der Waals surface area (Å²) >= 11 is 6.14. The molecule has 5 nitrogen and oxygen atoms in total. The summed E-state index contributed by atoms with van der Waals surface area (Å²) in [6.07, 6.45) is 2.66. The van der Waals surface area contributed by atoms with E-state index in [0.29, 0.717) is 24.1 Å². The average molecular weight is 355 g/mol. The van der Waals surface area contributed by atoms with Crippen molar-refractivity contribution in [3.63, 3.8) is 0 Å². The molecule has 3 aromatic rings. The van der Waals surface area contributed by atoms with Gasteiger partial charge in [-0.25, -0.2) is 15.0 Å². The number of morpholine rings is 1. The number of hydrogen-bond acceptors (Lipinski definition) is 5. The molecule has 1 fully saturated rings. The van der Waals surface area contributed by atoms with Crippen molar-refractivity contribution in [1.82, 2.24) is 15.0 Å². The lowest BCUT2D eigenvalue weighted by Gasteiger charge is -2.28. The molecule has 25 heavy (non-hydrogen) atoms. The van der Waals surface area contributed by atoms with Gasteiger partial charge in [0.15, 0.2) is 11.6 Å². The second-order valence-corrected chi connectivity index (χ2v) is 6.48. The molecule has 0 N–H and O–H groups in total. The second kappa shape index (κ2) is 6.94. The number of pyridine rings is 1. The van der Waals surface area contributed by atoms with Gasteiger partial charge in [0.1, 0.15) is 5.52 Å². The highest BCUT2D eigenvalue weighted by Gasteiger charge is 2.19. The lowest BCUT2D eigenvalue weighted by molar-refractivity contribution is 0.122. The number of benzene rings is 1. The highest BCUT2D eigenvalue weighted by Crippen LogP contribution is 2.28. The Bertz CT molecular complexity index is 892. The predicted octanol–water partition coefficient (Wildman–Crippen LogP) is 3.74. The number of ether oxygens (including phenoxy) is 1. The predicted molar refractivity (Wildman–Crippen MR) is 100 cm³/mol. The van der Waals surface area contributed by atoms with E-state index in [2.05, 4.69) is 41.1 Å². The van der Waals surface area contributed by atoms with E-state index in [0.717, 1.165) is 41.9 Å². The van der Waals surface area contributed by atoms with Gasteiger partial charge in [0, 0.05) is 24.8 Å². The minimum Gasteiger partial charge on any atom is -0.378 e. The molecule has 3 heterocycles. The van der Waals surface area contributed by atoms with Crippen LogP contribution in [0.15, 0.2) is 36.5 Å². The van der Waals surface area contributed by atoms with Gasteiger partial charge < -0.3 is 9.64 Å². The Labute approximate surface area is 151 Å². The van der Waals surface area contributed by atoms with Crippen molar-refractivity contribution in [2.75, 3.05) is 31.2 Å². The van der Waals surface area contributed by atoms with Gasteiger partial charge in [-0.15, -0.1) is 0 Å². The maximum atomic E-state index is 6.14. The number of halogens is 1. The molecule has 0 saturated carbocycles. The minimum atomic E-state index is 0.575. The highest BCUT2D eigenvalue weighted by atomic mass is 35.5. The Hall–Kier alpha value is -2.24. The van der Waals surface area contributed by atoms with Crippen LogP contribution in [0.25, 0.3) is 22.4 Å². The fraction of sp³-hybridized carbons (Fsp3) is 0.316. The van der Waals surface area contributed by atoms with E-state index in [4.69, 9.17) is 26.3 Å². The number of hydrogen-bond donors (Lipinski definition) is 0. The molecular formula is C19H19ClN4O. The number of nitrogens with zero attached hydrogens (tertiary/aromatic N) is 4. The summed E-state index contributed by atoms with van der Waals surface area (Å²) in [5.74, 6) is 1.54. The van der Waals surface area contributed by atoms with Crippen LogP contribution in [0, 0.1) is 0 Å². The largest absolute Gasteiger partial charge is 0.378 e. The molecule has 0 radical (unpaired) electrons. The lowest BCUT2D eigenvalue weighted by atomic mass is 10.1. The van der Waals surface area contributed by atoms with Gasteiger partial charge >= 0.3 is 0 Å². The van der Waals surface area contributed by atoms with E-state index in [9.17, 15) is 0 Å². The monoisotopic (exact) mass is 354 g/mol. The van der Waals surface area contributed by atoms with E-state index >= 15 is 0 Å². The van der Waals surface area contributed by atoms with Crippen LogP contribution < -0.4 is 4.90 Å². The maximum absolute atomic E-state index is 6.14. The zero-order valence-electron chi connectivity index (χ0n) is 14.1. The van der Waals surface area contributed by atoms with Crippen LogP contribution >= 0.6 is 11.6 Å². The zero-order chi connectivity index (χ0) is 17.2. The SMILES string of the molecule is CCc1ccc(-c2nc(N3CCOCC3)c3ncc(Cl)cc3n2)cc1. The highest BCUT2D eigenvalue weighted by molar-refractivity contribution is 6.31. The molecule has 2 aromatic heterocycles. The van der Waals surface area contributed by atoms with Crippen molar-refractivity contribution >= 4 is 28.5 Å². The van der Waals surface area contributed by atoms with Gasteiger partial charge in [0.05, 0.1) is 23.8 Å². The average Bonchev–Trinajstić information content (AvgIpc) is 2.67. The first kappa shape index (κ1) is 16.2. The van der Waals surface area contributed by atoms with Gasteiger partial charge in [0.25, 0.3) is 0 Å². The third-order valence-corrected chi connectivity index (χ3v) is 4.62. The molecule has 1 aromatic carbocycles. The van der Waals surface area contributed by atoms with Crippen LogP contribution in [0.4, 0.5) is 5.82 Å². The molecule has 0 spiro atoms. The van der Waals surface area contributed by atoms with E-state index in [-0.39, 0.29) is 0 Å². The van der Waals surface area contributed by atoms with Gasteiger partial charge in [-0.1, -0.05) is 42.8 Å². The molecule has 0 atom stereocenters. The first-order chi connectivity index (χ1) is 12.2. The Kier molecular flexibility index (Phi) is 4.51. The normalized spacial score (nSPS) is 14.9. The topological polar surface area (TPSA) is 51.1 Å². The molecule has 4 rings (SSSR count). The summed E-state index contributed by atoms with van der Waals surface area (Å²) in [6.45, 7) is 5.13. The molecular weight excluding hydrogens is 336 g/mol. The lowest BCUT2D eigenvalue weighted by Crippen LogP contribution is -2.37. The van der Waals surface area contributed by atoms with Crippen LogP contribution in [0.2, 0.25) is 5.02 Å². The molecule has 0 aliphatic carbocycles. The van der Waals surface area contributed by atoms with Gasteiger partial charge in [-0.05, 0) is 18.1 Å². The summed E-state index contributed by atoms with van der Waals surface area (Å²) in [4.78, 5) is 16.2. The van der Waals surface area contributed by atoms with Crippen molar-refractivity contribution in [3.05, 3.63) is 47.1 Å². The van der Waals surface area contributed by atoms with E-state index in [1.54, 1.807) is 6.20 Å². The third-order valence-electron chi connectivity index (χ3n) is 4.42. The van der Waals surface area contributed by atoms with Crippen molar-refractivity contribution in [3.8, 4) is 11.4 Å². The first-order valence-electron chi connectivity index (χ1n) is 8.50. The zero-order valence-corrected chi connectivity index (χ0v) is 14.8. The summed E-state index contributed by atoms with van der Waals surface area (Å²) < 4.78 is 5.47. The Morgan fingerprint density at radius 2 is 1.88 bits per heavy atom. The standard InChI is InChI=1S/C19H19ClN4O/c1-2-13-3-5-14(6-4-13)18-22-16-11-15(20)12-21-17(16)19(23-18)24-7-9-25-10-8-24/h3-6,11-12H,2,7-10H2,1H3. The van der Waals surface area contributed by atoms with Crippen LogP contribution in [-0.2, 0) is 11.2 Å². The van der Waals surface area contributed by atoms with Crippen LogP contribution in [0.5, 0.6) is 0 Å². The fourth-order valence-electron chi connectivity index (χ4n) is 2.99. The van der Waals surface area contributed by atoms with Gasteiger partial charge in [0.2, 0.25) is 0 Å². The molecule has 6 heteroatoms. The molecule has 1 aliphatic rings. The van der Waals surface area contributed by atoms with Crippen molar-refractivity contribution < 1.29 is 4.74 Å². The molecule has 1 aliphatic heterocycles. The van der Waals surface area contributed by atoms with Crippen molar-refractivity contribution in [2.24, 2.45) is 0 Å². The summed E-state index contributed by atoms with van der Waals surface area (Å²) in [7, 11) is 0. The summed E-state index contributed by atoms with van der Waals surface area (Å²) in [6, 6.07) is 10.2. The molecule has 1 saturated heterocycles. The Balaban J connectivity index is 1.86. The molecule has 128 valence electrons. The third kappa shape index (κ3) is 3.30. The minimum absolute atomic E-state index is 0.575. The van der Waals surface area contributed by atoms with Crippen molar-refractivity contribution in [2.45, 2.75) is 13.3 Å². The van der Waals surface area contributed by atoms with E-state index in [1.807, 2.05) is 6.07 Å². The van der Waals surface area contributed by atoms with Gasteiger partial charge in [-0.3, -0.25) is 0 Å². The fourth-order valence-corrected chi connectivity index (χ4v) is 3.14. The number of aromatic nitrogens is 3. The molecule has 0 amide bonds. The molecule has 0 bridgehead atoms. The van der Waals surface area contributed by atoms with Crippen molar-refractivity contribution in [1.29, 1.82) is 0 Å². The smallest absolute Gasteiger partial charge is 0.162 e. The number of rotatable bonds is 3. The van der Waals surface area contributed by atoms with Crippen LogP contribution in [0.1, 0.15) is 12.5 Å². The van der Waals surface area contributed by atoms with E-state index < -0.39 is 0 Å². The number of aryl methyl sites for hydroxylation is 1. The van der Waals surface area contributed by atoms with Crippen LogP contribution in [-0.4, -0.2) is 41.3 Å².